The van der Waals surface area contributed by atoms with Crippen LogP contribution in [0.15, 0.2) is 60.9 Å². The van der Waals surface area contributed by atoms with E-state index in [0.29, 0.717) is 10.9 Å². The van der Waals surface area contributed by atoms with Gasteiger partial charge >= 0.3 is 0 Å². The maximum Gasteiger partial charge on any atom is 0.0876 e. The molecule has 0 spiro atoms. The summed E-state index contributed by atoms with van der Waals surface area (Å²) in [6.45, 7) is 0. The van der Waals surface area contributed by atoms with Gasteiger partial charge in [-0.2, -0.15) is 5.10 Å². The molecule has 2 aromatic carbocycles. The Labute approximate surface area is 127 Å². The van der Waals surface area contributed by atoms with E-state index in [2.05, 4.69) is 17.2 Å². The number of para-hydroxylation sites is 1. The van der Waals surface area contributed by atoms with Crippen molar-refractivity contribution in [2.45, 2.75) is 5.88 Å². The highest BCUT2D eigenvalue weighted by atomic mass is 35.5. The van der Waals surface area contributed by atoms with Crippen LogP contribution in [0.25, 0.3) is 16.8 Å². The lowest BCUT2D eigenvalue weighted by atomic mass is 10.1. The fraction of sp³-hybridized carbons (Fsp3) is 0.0625. The Kier molecular flexibility index (Phi) is 3.77. The Morgan fingerprint density at radius 1 is 0.950 bits per heavy atom. The van der Waals surface area contributed by atoms with Gasteiger partial charge in [-0.1, -0.05) is 54.1 Å². The van der Waals surface area contributed by atoms with Crippen LogP contribution in [0.1, 0.15) is 5.56 Å². The molecule has 0 amide bonds. The lowest BCUT2D eigenvalue weighted by Gasteiger charge is -2.09. The number of hydrogen-bond acceptors (Lipinski definition) is 1. The molecule has 0 N–H and O–H groups in total. The first-order valence-corrected chi connectivity index (χ1v) is 7.14. The normalized spacial score (nSPS) is 10.7. The molecule has 0 aliphatic rings. The van der Waals surface area contributed by atoms with E-state index in [1.165, 1.54) is 0 Å². The molecule has 3 rings (SSSR count). The van der Waals surface area contributed by atoms with Crippen molar-refractivity contribution in [2.24, 2.45) is 0 Å². The smallest absolute Gasteiger partial charge is 0.0876 e. The second-order valence-electron chi connectivity index (χ2n) is 4.42. The maximum atomic E-state index is 6.28. The zero-order chi connectivity index (χ0) is 13.9. The summed E-state index contributed by atoms with van der Waals surface area (Å²) in [4.78, 5) is 0. The molecule has 3 aromatic rings. The highest BCUT2D eigenvalue weighted by Crippen LogP contribution is 2.27. The van der Waals surface area contributed by atoms with Crippen molar-refractivity contribution >= 4 is 23.2 Å². The lowest BCUT2D eigenvalue weighted by Crippen LogP contribution is -1.99. The fourth-order valence-corrected chi connectivity index (χ4v) is 2.65. The van der Waals surface area contributed by atoms with E-state index in [0.717, 1.165) is 22.4 Å². The second kappa shape index (κ2) is 5.70. The van der Waals surface area contributed by atoms with Gasteiger partial charge in [-0.15, -0.1) is 11.6 Å². The third kappa shape index (κ3) is 2.45. The first-order chi connectivity index (χ1) is 9.79. The van der Waals surface area contributed by atoms with Gasteiger partial charge < -0.3 is 0 Å². The molecule has 0 radical (unpaired) electrons. The first kappa shape index (κ1) is 13.2. The third-order valence-corrected chi connectivity index (χ3v) is 3.73. The number of halogens is 2. The molecule has 0 aliphatic heterocycles. The molecule has 2 nitrogen and oxygen atoms in total. The topological polar surface area (TPSA) is 17.8 Å². The predicted molar refractivity (Wildman–Crippen MR) is 83.6 cm³/mol. The van der Waals surface area contributed by atoms with Crippen molar-refractivity contribution in [1.29, 1.82) is 0 Å². The van der Waals surface area contributed by atoms with Crippen LogP contribution in [0.2, 0.25) is 5.02 Å². The average molecular weight is 303 g/mol. The molecule has 100 valence electrons. The van der Waals surface area contributed by atoms with Crippen LogP contribution in [0.3, 0.4) is 0 Å². The second-order valence-corrected chi connectivity index (χ2v) is 5.10. The molecule has 1 heterocycles. The summed E-state index contributed by atoms with van der Waals surface area (Å²) in [5.74, 6) is 0.399. The molecule has 0 aliphatic carbocycles. The molecule has 0 saturated heterocycles. The van der Waals surface area contributed by atoms with Crippen molar-refractivity contribution in [3.8, 4) is 16.8 Å². The molecule has 20 heavy (non-hydrogen) atoms. The van der Waals surface area contributed by atoms with Crippen LogP contribution in [0.5, 0.6) is 0 Å². The molecule has 4 heteroatoms. The molecule has 0 saturated carbocycles. The summed E-state index contributed by atoms with van der Waals surface area (Å²) >= 11 is 12.3. The summed E-state index contributed by atoms with van der Waals surface area (Å²) in [6.07, 6.45) is 3.79. The van der Waals surface area contributed by atoms with Crippen LogP contribution in [0, 0.1) is 0 Å². The van der Waals surface area contributed by atoms with E-state index < -0.39 is 0 Å². The standard InChI is InChI=1S/C16H12Cl2N2/c17-9-13-7-4-8-15(18)16(13)20-11-14(10-19-20)12-5-2-1-3-6-12/h1-8,10-11H,9H2. The van der Waals surface area contributed by atoms with Crippen molar-refractivity contribution in [2.75, 3.05) is 0 Å². The Morgan fingerprint density at radius 2 is 1.75 bits per heavy atom. The zero-order valence-electron chi connectivity index (χ0n) is 10.6. The summed E-state index contributed by atoms with van der Waals surface area (Å²) < 4.78 is 1.78. The highest BCUT2D eigenvalue weighted by molar-refractivity contribution is 6.32. The van der Waals surface area contributed by atoms with Gasteiger partial charge in [-0.25, -0.2) is 4.68 Å². The monoisotopic (exact) mass is 302 g/mol. The number of alkyl halides is 1. The lowest BCUT2D eigenvalue weighted by molar-refractivity contribution is 0.871. The predicted octanol–water partition coefficient (Wildman–Crippen LogP) is 4.93. The van der Waals surface area contributed by atoms with Gasteiger partial charge in [0.15, 0.2) is 0 Å². The molecule has 1 aromatic heterocycles. The molecular formula is C16H12Cl2N2. The van der Waals surface area contributed by atoms with E-state index in [4.69, 9.17) is 23.2 Å². The molecular weight excluding hydrogens is 291 g/mol. The minimum absolute atomic E-state index is 0.399. The molecule has 0 bridgehead atoms. The van der Waals surface area contributed by atoms with E-state index in [1.54, 1.807) is 4.68 Å². The Bertz CT molecular complexity index is 720. The first-order valence-electron chi connectivity index (χ1n) is 6.23. The Balaban J connectivity index is 2.07. The summed E-state index contributed by atoms with van der Waals surface area (Å²) in [5, 5.41) is 5.05. The number of benzene rings is 2. The minimum Gasteiger partial charge on any atom is -0.239 e. The van der Waals surface area contributed by atoms with E-state index >= 15 is 0 Å². The van der Waals surface area contributed by atoms with E-state index in [9.17, 15) is 0 Å². The number of rotatable bonds is 3. The average Bonchev–Trinajstić information content (AvgIpc) is 2.97. The van der Waals surface area contributed by atoms with Crippen LogP contribution >= 0.6 is 23.2 Å². The van der Waals surface area contributed by atoms with E-state index in [-0.39, 0.29) is 0 Å². The van der Waals surface area contributed by atoms with Gasteiger partial charge in [-0.05, 0) is 17.2 Å². The van der Waals surface area contributed by atoms with Gasteiger partial charge in [0.25, 0.3) is 0 Å². The fourth-order valence-electron chi connectivity index (χ4n) is 2.15. The van der Waals surface area contributed by atoms with Crippen molar-refractivity contribution in [3.63, 3.8) is 0 Å². The van der Waals surface area contributed by atoms with Crippen molar-refractivity contribution in [3.05, 3.63) is 71.5 Å². The van der Waals surface area contributed by atoms with Gasteiger partial charge in [0.1, 0.15) is 0 Å². The van der Waals surface area contributed by atoms with Crippen LogP contribution in [0.4, 0.5) is 0 Å². The number of hydrogen-bond donors (Lipinski definition) is 0. The summed E-state index contributed by atoms with van der Waals surface area (Å²) in [5.41, 5.74) is 3.97. The summed E-state index contributed by atoms with van der Waals surface area (Å²) in [7, 11) is 0. The minimum atomic E-state index is 0.399. The van der Waals surface area contributed by atoms with Crippen LogP contribution in [-0.4, -0.2) is 9.78 Å². The Hall–Kier alpha value is -1.77. The van der Waals surface area contributed by atoms with E-state index in [1.807, 2.05) is 48.8 Å². The molecule has 0 fully saturated rings. The third-order valence-electron chi connectivity index (χ3n) is 3.13. The number of nitrogens with zero attached hydrogens (tertiary/aromatic N) is 2. The Morgan fingerprint density at radius 3 is 2.50 bits per heavy atom. The molecule has 0 unspecified atom stereocenters. The quantitative estimate of drug-likeness (QED) is 0.627. The zero-order valence-corrected chi connectivity index (χ0v) is 12.1. The summed E-state index contributed by atoms with van der Waals surface area (Å²) in [6, 6.07) is 15.8. The van der Waals surface area contributed by atoms with Crippen LogP contribution < -0.4 is 0 Å². The SMILES string of the molecule is ClCc1cccc(Cl)c1-n1cc(-c2ccccc2)cn1. The number of aromatic nitrogens is 2. The van der Waals surface area contributed by atoms with Gasteiger partial charge in [-0.3, -0.25) is 0 Å². The largest absolute Gasteiger partial charge is 0.239 e. The van der Waals surface area contributed by atoms with Gasteiger partial charge in [0.05, 0.1) is 16.9 Å². The van der Waals surface area contributed by atoms with Crippen molar-refractivity contribution < 1.29 is 0 Å². The highest BCUT2D eigenvalue weighted by Gasteiger charge is 2.10. The molecule has 0 atom stereocenters. The van der Waals surface area contributed by atoms with Crippen LogP contribution in [-0.2, 0) is 5.88 Å². The van der Waals surface area contributed by atoms with Gasteiger partial charge in [0.2, 0.25) is 0 Å². The van der Waals surface area contributed by atoms with Crippen molar-refractivity contribution in [1.82, 2.24) is 9.78 Å². The maximum absolute atomic E-state index is 6.28. The van der Waals surface area contributed by atoms with Gasteiger partial charge in [0, 0.05) is 17.6 Å².